The summed E-state index contributed by atoms with van der Waals surface area (Å²) in [5.74, 6) is 1.44. The molecule has 8 heteroatoms. The van der Waals surface area contributed by atoms with Crippen molar-refractivity contribution in [2.45, 2.75) is 39.8 Å². The van der Waals surface area contributed by atoms with Crippen molar-refractivity contribution in [3.05, 3.63) is 35.0 Å². The predicted octanol–water partition coefficient (Wildman–Crippen LogP) is 4.62. The van der Waals surface area contributed by atoms with Gasteiger partial charge in [0.1, 0.15) is 11.0 Å². The van der Waals surface area contributed by atoms with E-state index in [2.05, 4.69) is 9.97 Å². The number of pyridine rings is 1. The number of hydrogen-bond acceptors (Lipinski definition) is 3. The molecule has 0 saturated heterocycles. The normalized spacial score (nSPS) is 12.5. The van der Waals surface area contributed by atoms with Crippen LogP contribution in [0.2, 0.25) is 5.15 Å². The largest absolute Gasteiger partial charge is 0.493 e. The molecule has 0 aliphatic carbocycles. The van der Waals surface area contributed by atoms with E-state index in [1.54, 1.807) is 10.6 Å². The van der Waals surface area contributed by atoms with Crippen LogP contribution in [0.3, 0.4) is 0 Å². The summed E-state index contributed by atoms with van der Waals surface area (Å²) >= 11 is 6.15. The van der Waals surface area contributed by atoms with Crippen LogP contribution in [0, 0.1) is 5.41 Å². The smallest absolute Gasteiger partial charge is 0.394 e. The topological polar surface area (TPSA) is 39.9 Å². The van der Waals surface area contributed by atoms with Gasteiger partial charge in [0.2, 0.25) is 0 Å². The Hall–Kier alpha value is -1.76. The molecule has 0 aliphatic heterocycles. The SMILES string of the molecule is CCc1ncc(Cl)n1-c1ncc(CC(C)(C)C(F)(F)F)cc1OC. The Morgan fingerprint density at radius 3 is 2.42 bits per heavy atom. The van der Waals surface area contributed by atoms with Crippen molar-refractivity contribution in [2.24, 2.45) is 5.41 Å². The van der Waals surface area contributed by atoms with Gasteiger partial charge in [-0.3, -0.25) is 4.57 Å². The Balaban J connectivity index is 2.44. The second kappa shape index (κ2) is 6.63. The maximum atomic E-state index is 13.1. The van der Waals surface area contributed by atoms with E-state index in [0.29, 0.717) is 34.5 Å². The highest BCUT2D eigenvalue weighted by Crippen LogP contribution is 2.40. The molecule has 0 atom stereocenters. The number of imidazole rings is 1. The van der Waals surface area contributed by atoms with E-state index < -0.39 is 11.6 Å². The third-order valence-electron chi connectivity index (χ3n) is 3.84. The summed E-state index contributed by atoms with van der Waals surface area (Å²) in [4.78, 5) is 8.46. The van der Waals surface area contributed by atoms with Crippen LogP contribution in [-0.2, 0) is 12.8 Å². The molecule has 0 bridgehead atoms. The molecule has 0 aliphatic rings. The number of hydrogen-bond donors (Lipinski definition) is 0. The maximum Gasteiger partial charge on any atom is 0.394 e. The fourth-order valence-corrected chi connectivity index (χ4v) is 2.57. The van der Waals surface area contributed by atoms with E-state index in [4.69, 9.17) is 16.3 Å². The van der Waals surface area contributed by atoms with Crippen molar-refractivity contribution in [1.82, 2.24) is 14.5 Å². The molecule has 24 heavy (non-hydrogen) atoms. The summed E-state index contributed by atoms with van der Waals surface area (Å²) in [7, 11) is 1.44. The Morgan fingerprint density at radius 1 is 1.21 bits per heavy atom. The lowest BCUT2D eigenvalue weighted by Crippen LogP contribution is -2.34. The molecule has 0 unspecified atom stereocenters. The molecule has 0 saturated carbocycles. The highest BCUT2D eigenvalue weighted by atomic mass is 35.5. The molecule has 0 radical (unpaired) electrons. The first-order valence-electron chi connectivity index (χ1n) is 7.43. The number of ether oxygens (including phenoxy) is 1. The van der Waals surface area contributed by atoms with Crippen LogP contribution in [0.4, 0.5) is 13.2 Å². The van der Waals surface area contributed by atoms with Gasteiger partial charge in [-0.2, -0.15) is 13.2 Å². The highest BCUT2D eigenvalue weighted by molar-refractivity contribution is 6.29. The monoisotopic (exact) mass is 361 g/mol. The van der Waals surface area contributed by atoms with Crippen molar-refractivity contribution in [3.63, 3.8) is 0 Å². The van der Waals surface area contributed by atoms with E-state index in [1.165, 1.54) is 19.5 Å². The molecule has 0 fully saturated rings. The fraction of sp³-hybridized carbons (Fsp3) is 0.500. The van der Waals surface area contributed by atoms with Gasteiger partial charge >= 0.3 is 6.18 Å². The van der Waals surface area contributed by atoms with E-state index >= 15 is 0 Å². The third kappa shape index (κ3) is 3.50. The molecule has 0 amide bonds. The third-order valence-corrected chi connectivity index (χ3v) is 4.11. The van der Waals surface area contributed by atoms with Crippen molar-refractivity contribution < 1.29 is 17.9 Å². The molecular formula is C16H19ClF3N3O. The lowest BCUT2D eigenvalue weighted by Gasteiger charge is -2.27. The fourth-order valence-electron chi connectivity index (χ4n) is 2.34. The van der Waals surface area contributed by atoms with Crippen LogP contribution in [0.15, 0.2) is 18.5 Å². The van der Waals surface area contributed by atoms with Crippen LogP contribution in [0.25, 0.3) is 5.82 Å². The van der Waals surface area contributed by atoms with E-state index in [9.17, 15) is 13.2 Å². The molecular weight excluding hydrogens is 343 g/mol. The second-order valence-corrected chi connectivity index (χ2v) is 6.50. The first kappa shape index (κ1) is 18.6. The van der Waals surface area contributed by atoms with Gasteiger partial charge in [0, 0.05) is 12.6 Å². The summed E-state index contributed by atoms with van der Waals surface area (Å²) in [6.45, 7) is 4.24. The van der Waals surface area contributed by atoms with Crippen molar-refractivity contribution >= 4 is 11.6 Å². The van der Waals surface area contributed by atoms with Crippen molar-refractivity contribution in [1.29, 1.82) is 0 Å². The molecule has 2 heterocycles. The van der Waals surface area contributed by atoms with E-state index in [-0.39, 0.29) is 6.42 Å². The summed E-state index contributed by atoms with van der Waals surface area (Å²) < 4.78 is 46.2. The van der Waals surface area contributed by atoms with Gasteiger partial charge in [-0.25, -0.2) is 9.97 Å². The zero-order valence-corrected chi connectivity index (χ0v) is 14.7. The van der Waals surface area contributed by atoms with Gasteiger partial charge in [0.05, 0.1) is 18.7 Å². The Kier molecular flexibility index (Phi) is 5.13. The Bertz CT molecular complexity index is 726. The average molecular weight is 362 g/mol. The highest BCUT2D eigenvalue weighted by Gasteiger charge is 2.47. The number of aryl methyl sites for hydroxylation is 1. The number of halogens is 4. The molecule has 2 rings (SSSR count). The Labute approximate surface area is 143 Å². The molecule has 4 nitrogen and oxygen atoms in total. The predicted molar refractivity (Wildman–Crippen MR) is 85.8 cm³/mol. The quantitative estimate of drug-likeness (QED) is 0.780. The van der Waals surface area contributed by atoms with E-state index in [1.807, 2.05) is 6.92 Å². The summed E-state index contributed by atoms with van der Waals surface area (Å²) in [6.07, 6.45) is -0.954. The number of nitrogens with zero attached hydrogens (tertiary/aromatic N) is 3. The van der Waals surface area contributed by atoms with Gasteiger partial charge < -0.3 is 4.74 Å². The van der Waals surface area contributed by atoms with Gasteiger partial charge in [-0.05, 0) is 18.1 Å². The number of methoxy groups -OCH3 is 1. The van der Waals surface area contributed by atoms with Crippen LogP contribution < -0.4 is 4.74 Å². The van der Waals surface area contributed by atoms with Crippen LogP contribution in [-0.4, -0.2) is 27.8 Å². The molecule has 2 aromatic heterocycles. The minimum atomic E-state index is -4.30. The molecule has 132 valence electrons. The number of rotatable bonds is 5. The number of aromatic nitrogens is 3. The maximum absolute atomic E-state index is 13.1. The standard InChI is InChI=1S/C16H19ClF3N3O/c1-5-13-21-9-12(17)23(13)14-11(24-4)6-10(8-22-14)7-15(2,3)16(18,19)20/h6,8-9H,5,7H2,1-4H3. The van der Waals surface area contributed by atoms with Gasteiger partial charge in [0.25, 0.3) is 0 Å². The van der Waals surface area contributed by atoms with Crippen LogP contribution in [0.1, 0.15) is 32.2 Å². The second-order valence-electron chi connectivity index (χ2n) is 6.11. The zero-order chi connectivity index (χ0) is 18.1. The van der Waals surface area contributed by atoms with Crippen molar-refractivity contribution in [2.75, 3.05) is 7.11 Å². The summed E-state index contributed by atoms with van der Waals surface area (Å²) in [6, 6.07) is 1.56. The number of alkyl halides is 3. The molecule has 0 spiro atoms. The molecule has 0 aromatic carbocycles. The minimum absolute atomic E-state index is 0.196. The lowest BCUT2D eigenvalue weighted by atomic mass is 9.85. The minimum Gasteiger partial charge on any atom is -0.493 e. The van der Waals surface area contributed by atoms with Crippen LogP contribution >= 0.6 is 11.6 Å². The van der Waals surface area contributed by atoms with Gasteiger partial charge in [-0.15, -0.1) is 0 Å². The van der Waals surface area contributed by atoms with Gasteiger partial charge in [-0.1, -0.05) is 32.4 Å². The first-order chi connectivity index (χ1) is 11.1. The summed E-state index contributed by atoms with van der Waals surface area (Å²) in [5.41, 5.74) is -1.42. The Morgan fingerprint density at radius 2 is 1.88 bits per heavy atom. The van der Waals surface area contributed by atoms with E-state index in [0.717, 1.165) is 13.8 Å². The zero-order valence-electron chi connectivity index (χ0n) is 13.9. The lowest BCUT2D eigenvalue weighted by molar-refractivity contribution is -0.211. The van der Waals surface area contributed by atoms with Gasteiger partial charge in [0.15, 0.2) is 11.6 Å². The first-order valence-corrected chi connectivity index (χ1v) is 7.80. The molecule has 0 N–H and O–H groups in total. The summed E-state index contributed by atoms with van der Waals surface area (Å²) in [5, 5.41) is 0.362. The van der Waals surface area contributed by atoms with Crippen LogP contribution in [0.5, 0.6) is 5.75 Å². The average Bonchev–Trinajstić information content (AvgIpc) is 2.86. The molecule has 2 aromatic rings. The van der Waals surface area contributed by atoms with Crippen molar-refractivity contribution in [3.8, 4) is 11.6 Å².